The molecule has 0 atom stereocenters. The second-order valence-corrected chi connectivity index (χ2v) is 7.68. The zero-order chi connectivity index (χ0) is 20.8. The van der Waals surface area contributed by atoms with E-state index in [2.05, 4.69) is 29.5 Å². The molecular formula is C22H23N3O3S. The fourth-order valence-corrected chi connectivity index (χ4v) is 3.55. The van der Waals surface area contributed by atoms with Gasteiger partial charge in [-0.3, -0.25) is 9.59 Å². The average molecular weight is 410 g/mol. The lowest BCUT2D eigenvalue weighted by molar-refractivity contribution is -0.115. The van der Waals surface area contributed by atoms with Gasteiger partial charge in [0, 0.05) is 23.1 Å². The molecule has 3 aromatic rings. The molecule has 0 saturated carbocycles. The van der Waals surface area contributed by atoms with Gasteiger partial charge in [-0.15, -0.1) is 11.3 Å². The van der Waals surface area contributed by atoms with Crippen molar-refractivity contribution in [3.05, 3.63) is 70.2 Å². The summed E-state index contributed by atoms with van der Waals surface area (Å²) in [5.41, 5.74) is 2.18. The number of hydrogen-bond donors (Lipinski definition) is 2. The highest BCUT2D eigenvalue weighted by Gasteiger charge is 2.15. The summed E-state index contributed by atoms with van der Waals surface area (Å²) < 4.78 is 5.18. The van der Waals surface area contributed by atoms with Crippen LogP contribution in [0.5, 0.6) is 5.75 Å². The van der Waals surface area contributed by atoms with Crippen LogP contribution in [0.25, 0.3) is 0 Å². The number of benzene rings is 2. The zero-order valence-electron chi connectivity index (χ0n) is 16.6. The summed E-state index contributed by atoms with van der Waals surface area (Å²) in [5.74, 6) is 0.448. The number of carbonyl (C=O) groups is 2. The van der Waals surface area contributed by atoms with Gasteiger partial charge in [-0.2, -0.15) is 0 Å². The molecule has 0 aliphatic rings. The number of aromatic nitrogens is 1. The molecule has 2 amide bonds. The molecule has 1 heterocycles. The van der Waals surface area contributed by atoms with Gasteiger partial charge in [0.2, 0.25) is 5.91 Å². The molecular weight excluding hydrogens is 386 g/mol. The van der Waals surface area contributed by atoms with Crippen LogP contribution in [0.4, 0.5) is 11.4 Å². The van der Waals surface area contributed by atoms with Crippen LogP contribution in [0.15, 0.2) is 53.9 Å². The predicted octanol–water partition coefficient (Wildman–Crippen LogP) is 4.71. The van der Waals surface area contributed by atoms with Crippen LogP contribution < -0.4 is 15.4 Å². The molecule has 2 aromatic carbocycles. The number of nitrogens with zero attached hydrogens (tertiary/aromatic N) is 1. The van der Waals surface area contributed by atoms with E-state index < -0.39 is 0 Å². The summed E-state index contributed by atoms with van der Waals surface area (Å²) in [4.78, 5) is 29.7. The standard InChI is InChI=1S/C22H23N3O3S/c1-14(2)22-24-16(13-29-22)12-20(26)25-19-10-5-4-9-18(19)21(27)23-15-7-6-8-17(11-15)28-3/h4-11,13-14H,12H2,1-3H3,(H,23,27)(H,25,26). The molecule has 0 aliphatic heterocycles. The smallest absolute Gasteiger partial charge is 0.257 e. The molecule has 3 rings (SSSR count). The first-order chi connectivity index (χ1) is 14.0. The lowest BCUT2D eigenvalue weighted by Gasteiger charge is -2.12. The summed E-state index contributed by atoms with van der Waals surface area (Å²) >= 11 is 1.55. The molecule has 0 spiro atoms. The van der Waals surface area contributed by atoms with E-state index in [1.54, 1.807) is 67.0 Å². The van der Waals surface area contributed by atoms with Gasteiger partial charge in [0.05, 0.1) is 35.5 Å². The normalized spacial score (nSPS) is 10.6. The van der Waals surface area contributed by atoms with Gasteiger partial charge < -0.3 is 15.4 Å². The number of anilines is 2. The Labute approximate surface area is 173 Å². The van der Waals surface area contributed by atoms with E-state index in [0.29, 0.717) is 28.6 Å². The summed E-state index contributed by atoms with van der Waals surface area (Å²) in [7, 11) is 1.57. The minimum absolute atomic E-state index is 0.162. The highest BCUT2D eigenvalue weighted by atomic mass is 32.1. The minimum atomic E-state index is -0.315. The van der Waals surface area contributed by atoms with Gasteiger partial charge in [0.1, 0.15) is 5.75 Å². The number of para-hydroxylation sites is 1. The molecule has 0 bridgehead atoms. The Hall–Kier alpha value is -3.19. The highest BCUT2D eigenvalue weighted by molar-refractivity contribution is 7.09. The van der Waals surface area contributed by atoms with E-state index in [-0.39, 0.29) is 18.2 Å². The molecule has 29 heavy (non-hydrogen) atoms. The highest BCUT2D eigenvalue weighted by Crippen LogP contribution is 2.22. The van der Waals surface area contributed by atoms with Crippen molar-refractivity contribution in [3.8, 4) is 5.75 Å². The predicted molar refractivity (Wildman–Crippen MR) is 116 cm³/mol. The molecule has 1 aromatic heterocycles. The molecule has 0 saturated heterocycles. The Morgan fingerprint density at radius 3 is 2.62 bits per heavy atom. The Balaban J connectivity index is 1.70. The minimum Gasteiger partial charge on any atom is -0.497 e. The van der Waals surface area contributed by atoms with Gasteiger partial charge >= 0.3 is 0 Å². The SMILES string of the molecule is COc1cccc(NC(=O)c2ccccc2NC(=O)Cc2csc(C(C)C)n2)c1. The van der Waals surface area contributed by atoms with Crippen LogP contribution in [0.1, 0.15) is 40.8 Å². The second-order valence-electron chi connectivity index (χ2n) is 6.79. The maximum atomic E-state index is 12.7. The largest absolute Gasteiger partial charge is 0.497 e. The first-order valence-corrected chi connectivity index (χ1v) is 10.1. The summed E-state index contributed by atoms with van der Waals surface area (Å²) in [5, 5.41) is 8.56. The lowest BCUT2D eigenvalue weighted by Crippen LogP contribution is -2.19. The van der Waals surface area contributed by atoms with E-state index >= 15 is 0 Å². The number of rotatable bonds is 7. The molecule has 7 heteroatoms. The first kappa shape index (κ1) is 20.5. The third-order valence-corrected chi connectivity index (χ3v) is 5.37. The van der Waals surface area contributed by atoms with Crippen molar-refractivity contribution >= 4 is 34.5 Å². The van der Waals surface area contributed by atoms with Crippen molar-refractivity contribution in [3.63, 3.8) is 0 Å². The third kappa shape index (κ3) is 5.42. The molecule has 6 nitrogen and oxygen atoms in total. The van der Waals surface area contributed by atoms with Crippen molar-refractivity contribution in [2.75, 3.05) is 17.7 Å². The van der Waals surface area contributed by atoms with E-state index in [1.165, 1.54) is 0 Å². The third-order valence-electron chi connectivity index (χ3n) is 4.18. The number of thiazole rings is 1. The lowest BCUT2D eigenvalue weighted by atomic mass is 10.1. The number of amides is 2. The van der Waals surface area contributed by atoms with Gasteiger partial charge in [0.15, 0.2) is 0 Å². The molecule has 0 unspecified atom stereocenters. The summed E-state index contributed by atoms with van der Waals surface area (Å²) in [6.07, 6.45) is 0.162. The zero-order valence-corrected chi connectivity index (χ0v) is 17.4. The Bertz CT molecular complexity index is 1010. The van der Waals surface area contributed by atoms with Crippen LogP contribution in [-0.4, -0.2) is 23.9 Å². The molecule has 150 valence electrons. The van der Waals surface area contributed by atoms with Gasteiger partial charge in [-0.25, -0.2) is 4.98 Å². The van der Waals surface area contributed by atoms with Crippen LogP contribution >= 0.6 is 11.3 Å². The topological polar surface area (TPSA) is 80.3 Å². The van der Waals surface area contributed by atoms with Crippen LogP contribution in [0, 0.1) is 0 Å². The summed E-state index contributed by atoms with van der Waals surface area (Å²) in [6, 6.07) is 14.0. The summed E-state index contributed by atoms with van der Waals surface area (Å²) in [6.45, 7) is 4.14. The number of hydrogen-bond acceptors (Lipinski definition) is 5. The maximum Gasteiger partial charge on any atom is 0.257 e. The quantitative estimate of drug-likeness (QED) is 0.592. The van der Waals surface area contributed by atoms with Gasteiger partial charge in [-0.1, -0.05) is 32.0 Å². The average Bonchev–Trinajstić information content (AvgIpc) is 3.17. The fraction of sp³-hybridized carbons (Fsp3) is 0.227. The van der Waals surface area contributed by atoms with Crippen molar-refractivity contribution in [2.24, 2.45) is 0 Å². The van der Waals surface area contributed by atoms with Crippen LogP contribution in [-0.2, 0) is 11.2 Å². The van der Waals surface area contributed by atoms with E-state index in [1.807, 2.05) is 5.38 Å². The van der Waals surface area contributed by atoms with Gasteiger partial charge in [0.25, 0.3) is 5.91 Å². The Morgan fingerprint density at radius 1 is 1.10 bits per heavy atom. The number of carbonyl (C=O) groups excluding carboxylic acids is 2. The first-order valence-electron chi connectivity index (χ1n) is 9.25. The van der Waals surface area contributed by atoms with Gasteiger partial charge in [-0.05, 0) is 24.3 Å². The van der Waals surface area contributed by atoms with E-state index in [4.69, 9.17) is 4.74 Å². The Kier molecular flexibility index (Phi) is 6.61. The van der Waals surface area contributed by atoms with Crippen LogP contribution in [0.3, 0.4) is 0 Å². The molecule has 0 aliphatic carbocycles. The van der Waals surface area contributed by atoms with Crippen molar-refractivity contribution in [1.82, 2.24) is 4.98 Å². The number of methoxy groups -OCH3 is 1. The van der Waals surface area contributed by atoms with Crippen LogP contribution in [0.2, 0.25) is 0 Å². The van der Waals surface area contributed by atoms with E-state index in [9.17, 15) is 9.59 Å². The van der Waals surface area contributed by atoms with E-state index in [0.717, 1.165) is 10.7 Å². The monoisotopic (exact) mass is 409 g/mol. The number of ether oxygens (including phenoxy) is 1. The molecule has 0 radical (unpaired) electrons. The Morgan fingerprint density at radius 2 is 1.90 bits per heavy atom. The van der Waals surface area contributed by atoms with Crippen molar-refractivity contribution in [2.45, 2.75) is 26.2 Å². The fourth-order valence-electron chi connectivity index (χ4n) is 2.72. The van der Waals surface area contributed by atoms with Crippen molar-refractivity contribution < 1.29 is 14.3 Å². The second kappa shape index (κ2) is 9.34. The molecule has 2 N–H and O–H groups in total. The van der Waals surface area contributed by atoms with Crippen molar-refractivity contribution in [1.29, 1.82) is 0 Å². The maximum absolute atomic E-state index is 12.7. The molecule has 0 fully saturated rings. The number of nitrogens with one attached hydrogen (secondary N) is 2.